The van der Waals surface area contributed by atoms with Crippen molar-refractivity contribution < 1.29 is 27.5 Å². The van der Waals surface area contributed by atoms with Gasteiger partial charge in [0.25, 0.3) is 0 Å². The molecule has 0 saturated carbocycles. The van der Waals surface area contributed by atoms with E-state index < -0.39 is 32.6 Å². The molecule has 8 heteroatoms. The lowest BCUT2D eigenvalue weighted by Crippen LogP contribution is -2.53. The Morgan fingerprint density at radius 2 is 1.64 bits per heavy atom. The van der Waals surface area contributed by atoms with Gasteiger partial charge in [-0.05, 0) is 61.9 Å². The molecule has 190 valence electrons. The molecule has 1 aromatic rings. The second kappa shape index (κ2) is 11.8. The number of halogens is 3. The summed E-state index contributed by atoms with van der Waals surface area (Å²) in [6, 6.07) is 7.51. The summed E-state index contributed by atoms with van der Waals surface area (Å²) < 4.78 is 43.1. The summed E-state index contributed by atoms with van der Waals surface area (Å²) in [5.41, 5.74) is 1.27. The molecule has 0 saturated heterocycles. The Morgan fingerprint density at radius 3 is 2.12 bits per heavy atom. The van der Waals surface area contributed by atoms with Crippen molar-refractivity contribution in [2.24, 2.45) is 0 Å². The minimum atomic E-state index is -4.14. The Hall–Kier alpha value is -1.38. The highest BCUT2D eigenvalue weighted by Gasteiger charge is 2.39. The average Bonchev–Trinajstić information content (AvgIpc) is 2.66. The normalized spacial score (nSPS) is 15.7. The second-order valence-electron chi connectivity index (χ2n) is 10.9. The van der Waals surface area contributed by atoms with E-state index in [9.17, 15) is 23.1 Å². The molecule has 0 aromatic heterocycles. The van der Waals surface area contributed by atoms with Crippen molar-refractivity contribution in [3.8, 4) is 0 Å². The zero-order valence-corrected chi connectivity index (χ0v) is 22.2. The number of carbonyl (C=O) groups excluding carboxylic acids is 1. The van der Waals surface area contributed by atoms with E-state index in [0.717, 1.165) is 12.0 Å². The van der Waals surface area contributed by atoms with E-state index in [0.29, 0.717) is 31.4 Å². The molecule has 0 heterocycles. The van der Waals surface area contributed by atoms with Crippen LogP contribution in [-0.4, -0.2) is 37.7 Å². The minimum absolute atomic E-state index is 0.0251. The third-order valence-corrected chi connectivity index (χ3v) is 11.0. The fourth-order valence-corrected chi connectivity index (χ4v) is 4.42. The number of aliphatic hydroxyl groups excluding tert-OH is 1. The van der Waals surface area contributed by atoms with Crippen LogP contribution in [0, 0.1) is 0 Å². The number of hydrogen-bond acceptors (Lipinski definition) is 3. The second-order valence-corrected chi connectivity index (χ2v) is 15.7. The number of amides is 1. The van der Waals surface area contributed by atoms with E-state index >= 15 is 0 Å². The number of benzene rings is 1. The van der Waals surface area contributed by atoms with Gasteiger partial charge in [0.1, 0.15) is 0 Å². The molecule has 2 N–H and O–H groups in total. The Kier molecular flexibility index (Phi) is 10.6. The molecule has 0 aliphatic rings. The molecule has 1 unspecified atom stereocenters. The van der Waals surface area contributed by atoms with E-state index in [1.54, 1.807) is 0 Å². The van der Waals surface area contributed by atoms with Gasteiger partial charge in [0.15, 0.2) is 8.32 Å². The number of nitrogens with one attached hydrogen (secondary N) is 1. The van der Waals surface area contributed by atoms with Crippen LogP contribution in [-0.2, 0) is 15.6 Å². The largest absolute Gasteiger partial charge is 0.414 e. The van der Waals surface area contributed by atoms with Gasteiger partial charge in [-0.25, -0.2) is 0 Å². The molecule has 0 spiro atoms. The van der Waals surface area contributed by atoms with Crippen molar-refractivity contribution in [2.45, 2.75) is 109 Å². The van der Waals surface area contributed by atoms with Crippen LogP contribution < -0.4 is 5.32 Å². The topological polar surface area (TPSA) is 58.6 Å². The Labute approximate surface area is 198 Å². The number of unbranched alkanes of at least 4 members (excludes halogenated alkanes) is 1. The van der Waals surface area contributed by atoms with Crippen molar-refractivity contribution >= 4 is 14.2 Å². The van der Waals surface area contributed by atoms with Crippen molar-refractivity contribution in [3.63, 3.8) is 0 Å². The first-order valence-corrected chi connectivity index (χ1v) is 14.6. The van der Waals surface area contributed by atoms with Gasteiger partial charge in [-0.3, -0.25) is 4.79 Å². The molecule has 2 atom stereocenters. The molecule has 0 fully saturated rings. The number of carbonyl (C=O) groups is 1. The Morgan fingerprint density at radius 1 is 1.06 bits per heavy atom. The monoisotopic (exact) mass is 489 g/mol. The number of alkyl halides is 3. The van der Waals surface area contributed by atoms with Crippen LogP contribution in [0.15, 0.2) is 24.3 Å². The molecule has 1 rings (SSSR count). The molecule has 0 aliphatic heterocycles. The van der Waals surface area contributed by atoms with E-state index in [1.165, 1.54) is 6.92 Å². The number of rotatable bonds is 12. The van der Waals surface area contributed by atoms with Crippen molar-refractivity contribution in [1.29, 1.82) is 0 Å². The summed E-state index contributed by atoms with van der Waals surface area (Å²) in [4.78, 5) is 11.8. The van der Waals surface area contributed by atoms with Crippen LogP contribution in [0.4, 0.5) is 13.2 Å². The smallest absolute Gasteiger partial charge is 0.389 e. The highest BCUT2D eigenvalue weighted by Crippen LogP contribution is 2.37. The first-order chi connectivity index (χ1) is 14.9. The number of hydrogen-bond donors (Lipinski definition) is 2. The van der Waals surface area contributed by atoms with Gasteiger partial charge in [-0.1, -0.05) is 51.5 Å². The van der Waals surface area contributed by atoms with E-state index in [4.69, 9.17) is 4.43 Å². The summed E-state index contributed by atoms with van der Waals surface area (Å²) in [7, 11) is -1.96. The predicted octanol–water partition coefficient (Wildman–Crippen LogP) is 6.69. The molecule has 0 bridgehead atoms. The molecule has 33 heavy (non-hydrogen) atoms. The third-order valence-electron chi connectivity index (χ3n) is 6.55. The molecular formula is C25H42F3NO3Si. The van der Waals surface area contributed by atoms with Gasteiger partial charge in [-0.15, -0.1) is 0 Å². The summed E-state index contributed by atoms with van der Waals surface area (Å²) in [5.74, 6) is -0.0969. The average molecular weight is 490 g/mol. The van der Waals surface area contributed by atoms with Crippen LogP contribution in [0.25, 0.3) is 0 Å². The Bertz CT molecular complexity index is 745. The fourth-order valence-electron chi connectivity index (χ4n) is 3.31. The maximum absolute atomic E-state index is 12.2. The first-order valence-electron chi connectivity index (χ1n) is 11.7. The van der Waals surface area contributed by atoms with Gasteiger partial charge >= 0.3 is 6.18 Å². The van der Waals surface area contributed by atoms with E-state index in [1.807, 2.05) is 31.2 Å². The molecular weight excluding hydrogens is 447 g/mol. The van der Waals surface area contributed by atoms with Gasteiger partial charge in [-0.2, -0.15) is 13.2 Å². The van der Waals surface area contributed by atoms with Crippen molar-refractivity contribution in [2.75, 3.05) is 6.61 Å². The zero-order valence-electron chi connectivity index (χ0n) is 21.2. The first kappa shape index (κ1) is 29.6. The van der Waals surface area contributed by atoms with E-state index in [2.05, 4.69) is 39.2 Å². The van der Waals surface area contributed by atoms with Crippen LogP contribution in [0.2, 0.25) is 18.1 Å². The van der Waals surface area contributed by atoms with Gasteiger partial charge < -0.3 is 14.8 Å². The fraction of sp³-hybridized carbons (Fsp3) is 0.720. The number of aliphatic hydroxyl groups is 1. The third kappa shape index (κ3) is 11.1. The van der Waals surface area contributed by atoms with Crippen molar-refractivity contribution in [3.05, 3.63) is 35.4 Å². The standard InChI is InChI=1S/C25H42F3NO3Si/c1-19(30)29-24(5,18-32-33(6,7)23(2,3)4)17-15-20-11-13-21(14-12-20)22(31)10-8-9-16-25(26,27)28/h11-14,22,31H,8-10,15-18H2,1-7H3,(H,29,30)/t22-,24?/m1/s1. The van der Waals surface area contributed by atoms with Gasteiger partial charge in [0.2, 0.25) is 5.91 Å². The summed E-state index contributed by atoms with van der Waals surface area (Å²) >= 11 is 0. The lowest BCUT2D eigenvalue weighted by atomic mass is 9.93. The van der Waals surface area contributed by atoms with Crippen molar-refractivity contribution in [1.82, 2.24) is 5.32 Å². The highest BCUT2D eigenvalue weighted by molar-refractivity contribution is 6.74. The molecule has 0 aliphatic carbocycles. The molecule has 4 nitrogen and oxygen atoms in total. The SMILES string of the molecule is CC(=O)NC(C)(CCc1ccc([C@H](O)CCCCC(F)(F)F)cc1)CO[Si](C)(C)C(C)(C)C. The molecule has 0 radical (unpaired) electrons. The van der Waals surface area contributed by atoms with Crippen LogP contribution in [0.3, 0.4) is 0 Å². The lowest BCUT2D eigenvalue weighted by molar-refractivity contribution is -0.135. The highest BCUT2D eigenvalue weighted by atomic mass is 28.4. The van der Waals surface area contributed by atoms with Gasteiger partial charge in [0, 0.05) is 13.3 Å². The maximum Gasteiger partial charge on any atom is 0.389 e. The lowest BCUT2D eigenvalue weighted by Gasteiger charge is -2.40. The van der Waals surface area contributed by atoms with Crippen LogP contribution >= 0.6 is 0 Å². The molecule has 1 aromatic carbocycles. The summed E-state index contributed by atoms with van der Waals surface area (Å²) in [5, 5.41) is 13.4. The van der Waals surface area contributed by atoms with Gasteiger partial charge in [0.05, 0.1) is 18.2 Å². The quantitative estimate of drug-likeness (QED) is 0.254. The minimum Gasteiger partial charge on any atom is -0.414 e. The summed E-state index contributed by atoms with van der Waals surface area (Å²) in [6.45, 7) is 14.9. The Balaban J connectivity index is 2.68. The maximum atomic E-state index is 12.2. The van der Waals surface area contributed by atoms with Crippen LogP contribution in [0.5, 0.6) is 0 Å². The molecule has 1 amide bonds. The number of aryl methyl sites for hydroxylation is 1. The zero-order chi connectivity index (χ0) is 25.5. The van der Waals surface area contributed by atoms with Crippen LogP contribution in [0.1, 0.15) is 84.0 Å². The van der Waals surface area contributed by atoms with E-state index in [-0.39, 0.29) is 17.4 Å². The summed E-state index contributed by atoms with van der Waals surface area (Å²) in [6.07, 6.45) is -3.65. The predicted molar refractivity (Wildman–Crippen MR) is 130 cm³/mol.